The second-order valence-corrected chi connectivity index (χ2v) is 6.00. The lowest BCUT2D eigenvalue weighted by molar-refractivity contribution is 0.244. The fourth-order valence-electron chi connectivity index (χ4n) is 3.08. The third kappa shape index (κ3) is 2.44. The number of hydrogen-bond donors (Lipinski definition) is 1. The van der Waals surface area contributed by atoms with E-state index in [1.165, 1.54) is 25.8 Å². The fraction of sp³-hybridized carbons (Fsp3) is 0.615. The Hall–Kier alpha value is -0.510. The van der Waals surface area contributed by atoms with Gasteiger partial charge in [0.1, 0.15) is 5.82 Å². The molecule has 98 valence electrons. The van der Waals surface area contributed by atoms with E-state index in [0.29, 0.717) is 16.1 Å². The van der Waals surface area contributed by atoms with Crippen LogP contribution in [0.2, 0.25) is 10.0 Å². The number of aromatic nitrogens is 1. The largest absolute Gasteiger partial charge is 0.355 e. The van der Waals surface area contributed by atoms with E-state index in [2.05, 4.69) is 15.2 Å². The highest BCUT2D eigenvalue weighted by Gasteiger charge is 2.31. The number of nitrogens with one attached hydrogen (secondary N) is 1. The topological polar surface area (TPSA) is 28.2 Å². The average Bonchev–Trinajstić information content (AvgIpc) is 2.38. The van der Waals surface area contributed by atoms with E-state index in [0.717, 1.165) is 24.8 Å². The van der Waals surface area contributed by atoms with E-state index < -0.39 is 0 Å². The van der Waals surface area contributed by atoms with E-state index >= 15 is 0 Å². The zero-order valence-electron chi connectivity index (χ0n) is 10.2. The maximum absolute atomic E-state index is 6.23. The quantitative estimate of drug-likeness (QED) is 0.860. The van der Waals surface area contributed by atoms with Crippen molar-refractivity contribution in [2.75, 3.05) is 24.5 Å². The first kappa shape index (κ1) is 12.5. The predicted molar refractivity (Wildman–Crippen MR) is 75.6 cm³/mol. The van der Waals surface area contributed by atoms with Gasteiger partial charge in [-0.25, -0.2) is 4.98 Å². The summed E-state index contributed by atoms with van der Waals surface area (Å²) in [5.74, 6) is 1.60. The van der Waals surface area contributed by atoms with Crippen molar-refractivity contribution in [2.24, 2.45) is 5.92 Å². The Kier molecular flexibility index (Phi) is 3.64. The van der Waals surface area contributed by atoms with Crippen molar-refractivity contribution in [1.29, 1.82) is 0 Å². The van der Waals surface area contributed by atoms with Crippen molar-refractivity contribution >= 4 is 29.0 Å². The van der Waals surface area contributed by atoms with Crippen LogP contribution in [0.25, 0.3) is 0 Å². The summed E-state index contributed by atoms with van der Waals surface area (Å²) in [6.45, 7) is 3.23. The second kappa shape index (κ2) is 5.24. The molecule has 2 aliphatic rings. The van der Waals surface area contributed by atoms with Gasteiger partial charge >= 0.3 is 0 Å². The van der Waals surface area contributed by atoms with Crippen molar-refractivity contribution < 1.29 is 0 Å². The molecule has 2 aliphatic heterocycles. The number of nitrogens with zero attached hydrogens (tertiary/aromatic N) is 2. The molecule has 2 saturated heterocycles. The van der Waals surface area contributed by atoms with Gasteiger partial charge < -0.3 is 10.2 Å². The first-order valence-corrected chi connectivity index (χ1v) is 7.29. The number of piperidine rings is 2. The molecule has 0 spiro atoms. The third-order valence-corrected chi connectivity index (χ3v) is 4.46. The Morgan fingerprint density at radius 3 is 3.06 bits per heavy atom. The smallest absolute Gasteiger partial charge is 0.147 e. The van der Waals surface area contributed by atoms with Crippen LogP contribution in [0.1, 0.15) is 19.3 Å². The number of hydrogen-bond acceptors (Lipinski definition) is 3. The minimum atomic E-state index is 0.595. The van der Waals surface area contributed by atoms with Crippen LogP contribution in [0.5, 0.6) is 0 Å². The molecular formula is C13H17Cl2N3. The predicted octanol–water partition coefficient (Wildman–Crippen LogP) is 2.97. The molecule has 0 aliphatic carbocycles. The van der Waals surface area contributed by atoms with Crippen LogP contribution in [0.4, 0.5) is 5.82 Å². The molecule has 18 heavy (non-hydrogen) atoms. The first-order valence-electron chi connectivity index (χ1n) is 6.53. The highest BCUT2D eigenvalue weighted by molar-refractivity contribution is 6.36. The highest BCUT2D eigenvalue weighted by Crippen LogP contribution is 2.31. The molecule has 1 aromatic heterocycles. The molecule has 1 N–H and O–H groups in total. The molecule has 3 heterocycles. The van der Waals surface area contributed by atoms with Crippen LogP contribution >= 0.6 is 23.2 Å². The lowest BCUT2D eigenvalue weighted by atomic mass is 9.85. The van der Waals surface area contributed by atoms with Crippen LogP contribution in [0.15, 0.2) is 12.3 Å². The molecule has 2 atom stereocenters. The number of pyridine rings is 1. The average molecular weight is 286 g/mol. The summed E-state index contributed by atoms with van der Waals surface area (Å²) in [6.07, 6.45) is 5.43. The van der Waals surface area contributed by atoms with Crippen LogP contribution in [0, 0.1) is 5.92 Å². The number of halogens is 2. The Morgan fingerprint density at radius 1 is 1.33 bits per heavy atom. The standard InChI is InChI=1S/C13H17Cl2N3/c14-10-6-11(15)13(17-7-10)18-5-3-12-9(8-18)2-1-4-16-12/h6-7,9,12,16H,1-5,8H2. The number of rotatable bonds is 1. The van der Waals surface area contributed by atoms with Crippen molar-refractivity contribution in [3.8, 4) is 0 Å². The van der Waals surface area contributed by atoms with Gasteiger partial charge in [-0.05, 0) is 37.8 Å². The molecule has 0 saturated carbocycles. The maximum Gasteiger partial charge on any atom is 0.147 e. The number of fused-ring (bicyclic) bond motifs is 1. The monoisotopic (exact) mass is 285 g/mol. The Balaban J connectivity index is 1.77. The van der Waals surface area contributed by atoms with E-state index in [1.807, 2.05) is 0 Å². The first-order chi connectivity index (χ1) is 8.74. The Bertz CT molecular complexity index is 438. The van der Waals surface area contributed by atoms with E-state index in [1.54, 1.807) is 12.3 Å². The molecule has 2 unspecified atom stereocenters. The van der Waals surface area contributed by atoms with Crippen LogP contribution in [0.3, 0.4) is 0 Å². The normalized spacial score (nSPS) is 28.0. The van der Waals surface area contributed by atoms with Gasteiger partial charge in [-0.15, -0.1) is 0 Å². The SMILES string of the molecule is Clc1cnc(N2CCC3NCCCC3C2)c(Cl)c1. The fourth-order valence-corrected chi connectivity index (χ4v) is 3.58. The van der Waals surface area contributed by atoms with Gasteiger partial charge in [0.15, 0.2) is 0 Å². The summed E-state index contributed by atoms with van der Waals surface area (Å²) in [7, 11) is 0. The van der Waals surface area contributed by atoms with Gasteiger partial charge in [-0.2, -0.15) is 0 Å². The summed E-state index contributed by atoms with van der Waals surface area (Å²) in [4.78, 5) is 6.68. The molecule has 3 rings (SSSR count). The molecular weight excluding hydrogens is 269 g/mol. The summed E-state index contributed by atoms with van der Waals surface area (Å²) >= 11 is 12.1. The van der Waals surface area contributed by atoms with Gasteiger partial charge in [-0.1, -0.05) is 23.2 Å². The van der Waals surface area contributed by atoms with Gasteiger partial charge in [0.05, 0.1) is 10.0 Å². The van der Waals surface area contributed by atoms with Crippen LogP contribution < -0.4 is 10.2 Å². The van der Waals surface area contributed by atoms with Crippen LogP contribution in [-0.2, 0) is 0 Å². The molecule has 2 fully saturated rings. The Morgan fingerprint density at radius 2 is 2.22 bits per heavy atom. The molecule has 0 bridgehead atoms. The summed E-state index contributed by atoms with van der Waals surface area (Å²) in [5, 5.41) is 4.87. The highest BCUT2D eigenvalue weighted by atomic mass is 35.5. The molecule has 0 radical (unpaired) electrons. The van der Waals surface area contributed by atoms with Gasteiger partial charge in [0.2, 0.25) is 0 Å². The molecule has 0 aromatic carbocycles. The summed E-state index contributed by atoms with van der Waals surface area (Å²) in [6, 6.07) is 2.46. The Labute approximate surface area is 117 Å². The third-order valence-electron chi connectivity index (χ3n) is 3.98. The molecule has 1 aromatic rings. The maximum atomic E-state index is 6.23. The zero-order chi connectivity index (χ0) is 12.5. The second-order valence-electron chi connectivity index (χ2n) is 5.16. The summed E-state index contributed by atoms with van der Waals surface area (Å²) < 4.78 is 0. The molecule has 3 nitrogen and oxygen atoms in total. The minimum Gasteiger partial charge on any atom is -0.355 e. The van der Waals surface area contributed by atoms with E-state index in [9.17, 15) is 0 Å². The van der Waals surface area contributed by atoms with Gasteiger partial charge in [-0.3, -0.25) is 0 Å². The van der Waals surface area contributed by atoms with E-state index in [-0.39, 0.29) is 0 Å². The van der Waals surface area contributed by atoms with Gasteiger partial charge in [0, 0.05) is 25.3 Å². The lowest BCUT2D eigenvalue weighted by Crippen LogP contribution is -2.52. The summed E-state index contributed by atoms with van der Waals surface area (Å²) in [5.41, 5.74) is 0. The van der Waals surface area contributed by atoms with Crippen molar-refractivity contribution in [2.45, 2.75) is 25.3 Å². The van der Waals surface area contributed by atoms with Crippen molar-refractivity contribution in [1.82, 2.24) is 10.3 Å². The van der Waals surface area contributed by atoms with Crippen molar-refractivity contribution in [3.63, 3.8) is 0 Å². The zero-order valence-corrected chi connectivity index (χ0v) is 11.7. The van der Waals surface area contributed by atoms with Gasteiger partial charge in [0.25, 0.3) is 0 Å². The van der Waals surface area contributed by atoms with E-state index in [4.69, 9.17) is 23.2 Å². The minimum absolute atomic E-state index is 0.595. The van der Waals surface area contributed by atoms with Crippen LogP contribution in [-0.4, -0.2) is 30.7 Å². The number of anilines is 1. The molecule has 0 amide bonds. The molecule has 5 heteroatoms. The lowest BCUT2D eigenvalue weighted by Gasteiger charge is -2.42. The van der Waals surface area contributed by atoms with Crippen molar-refractivity contribution in [3.05, 3.63) is 22.3 Å².